The minimum atomic E-state index is -1.02. The van der Waals surface area contributed by atoms with E-state index in [0.29, 0.717) is 60.0 Å². The SMILES string of the molecule is COc1ccc(CNc2ncnc3c2c(-c2ccn(C)n2)cn3[C@@H]2O[C@H](C(=O)N[C@H]3CCCN(C(=O)O)C3)[C@H]3OC(C)(C)O[C@H]32)c(OC)c1. The number of methoxy groups -OCH3 is 2. The smallest absolute Gasteiger partial charge is 0.407 e. The Morgan fingerprint density at radius 3 is 2.67 bits per heavy atom. The number of aromatic nitrogens is 5. The molecule has 49 heavy (non-hydrogen) atoms. The second-order valence-electron chi connectivity index (χ2n) is 12.9. The normalized spacial score (nSPS) is 24.5. The number of anilines is 1. The van der Waals surface area contributed by atoms with Gasteiger partial charge in [-0.1, -0.05) is 0 Å². The summed E-state index contributed by atoms with van der Waals surface area (Å²) < 4.78 is 33.7. The fraction of sp³-hybridized carbons (Fsp3) is 0.485. The molecule has 3 aromatic heterocycles. The number of rotatable bonds is 9. The van der Waals surface area contributed by atoms with Gasteiger partial charge in [-0.05, 0) is 44.9 Å². The molecule has 16 nitrogen and oxygen atoms in total. The third kappa shape index (κ3) is 6.22. The maximum atomic E-state index is 13.8. The van der Waals surface area contributed by atoms with E-state index < -0.39 is 36.4 Å². The van der Waals surface area contributed by atoms with Crippen LogP contribution in [0.3, 0.4) is 0 Å². The zero-order valence-electron chi connectivity index (χ0n) is 28.0. The predicted molar refractivity (Wildman–Crippen MR) is 175 cm³/mol. The monoisotopic (exact) mass is 676 g/mol. The molecule has 0 unspecified atom stereocenters. The van der Waals surface area contributed by atoms with Crippen molar-refractivity contribution in [2.75, 3.05) is 32.6 Å². The van der Waals surface area contributed by atoms with E-state index in [4.69, 9.17) is 23.7 Å². The Morgan fingerprint density at radius 1 is 1.12 bits per heavy atom. The standard InChI is InChI=1S/C33H40N8O8/c1-33(2)48-25-26(30(42)37-19-7-6-11-40(15-19)32(43)44)47-31(27(25)49-33)41-16-21(22-10-12-39(3)38-22)24-28(35-17-36-29(24)41)34-14-18-8-9-20(45-4)13-23(18)46-5/h8-10,12-13,16-17,19,25-27,31H,6-7,11,14-15H2,1-5H3,(H,37,42)(H,43,44)(H,34,35,36)/t19-,25+,26-,27+,31+/m0/s1. The third-order valence-electron chi connectivity index (χ3n) is 9.14. The Labute approximate surface area is 282 Å². The molecule has 0 bridgehead atoms. The first-order chi connectivity index (χ1) is 23.5. The highest BCUT2D eigenvalue weighted by molar-refractivity contribution is 6.00. The molecule has 4 aromatic rings. The first-order valence-electron chi connectivity index (χ1n) is 16.1. The molecule has 260 valence electrons. The Hall–Kier alpha value is -4.93. The van der Waals surface area contributed by atoms with Crippen LogP contribution in [0.2, 0.25) is 0 Å². The largest absolute Gasteiger partial charge is 0.497 e. The van der Waals surface area contributed by atoms with E-state index in [-0.39, 0.29) is 18.5 Å². The van der Waals surface area contributed by atoms with Crippen LogP contribution in [0.25, 0.3) is 22.3 Å². The van der Waals surface area contributed by atoms with Crippen molar-refractivity contribution in [1.82, 2.24) is 34.5 Å². The summed E-state index contributed by atoms with van der Waals surface area (Å²) in [5.41, 5.74) is 2.89. The van der Waals surface area contributed by atoms with E-state index in [1.54, 1.807) is 32.7 Å². The molecule has 6 heterocycles. The second kappa shape index (κ2) is 12.8. The first-order valence-corrected chi connectivity index (χ1v) is 16.1. The number of likely N-dealkylation sites (tertiary alicyclic amines) is 1. The van der Waals surface area contributed by atoms with Gasteiger partial charge in [-0.2, -0.15) is 5.10 Å². The number of benzene rings is 1. The number of nitrogens with one attached hydrogen (secondary N) is 2. The molecular weight excluding hydrogens is 636 g/mol. The molecule has 3 aliphatic heterocycles. The highest BCUT2D eigenvalue weighted by atomic mass is 16.8. The van der Waals surface area contributed by atoms with Crippen molar-refractivity contribution in [2.45, 2.75) is 69.6 Å². The molecule has 1 aromatic carbocycles. The van der Waals surface area contributed by atoms with Gasteiger partial charge in [0.25, 0.3) is 5.91 Å². The van der Waals surface area contributed by atoms with E-state index in [0.717, 1.165) is 11.1 Å². The lowest BCUT2D eigenvalue weighted by atomic mass is 10.0. The van der Waals surface area contributed by atoms with Crippen LogP contribution in [0.5, 0.6) is 11.5 Å². The van der Waals surface area contributed by atoms with Gasteiger partial charge in [-0.3, -0.25) is 9.48 Å². The Bertz CT molecular complexity index is 1870. The summed E-state index contributed by atoms with van der Waals surface area (Å²) in [6, 6.07) is 7.18. The van der Waals surface area contributed by atoms with E-state index in [1.165, 1.54) is 11.2 Å². The highest BCUT2D eigenvalue weighted by Crippen LogP contribution is 2.46. The fourth-order valence-electron chi connectivity index (χ4n) is 6.91. The molecule has 0 saturated carbocycles. The summed E-state index contributed by atoms with van der Waals surface area (Å²) in [5, 5.41) is 21.3. The number of carboxylic acid groups (broad SMARTS) is 1. The van der Waals surface area contributed by atoms with Gasteiger partial charge in [0.1, 0.15) is 41.5 Å². The topological polar surface area (TPSA) is 176 Å². The predicted octanol–water partition coefficient (Wildman–Crippen LogP) is 3.14. The van der Waals surface area contributed by atoms with Crippen molar-refractivity contribution < 1.29 is 38.4 Å². The average molecular weight is 677 g/mol. The molecule has 3 aliphatic rings. The van der Waals surface area contributed by atoms with E-state index in [9.17, 15) is 14.7 Å². The van der Waals surface area contributed by atoms with E-state index in [2.05, 4.69) is 25.7 Å². The number of carbonyl (C=O) groups excluding carboxylic acids is 1. The zero-order valence-corrected chi connectivity index (χ0v) is 28.0. The third-order valence-corrected chi connectivity index (χ3v) is 9.14. The van der Waals surface area contributed by atoms with Crippen LogP contribution < -0.4 is 20.1 Å². The van der Waals surface area contributed by atoms with Gasteiger partial charge < -0.3 is 48.9 Å². The lowest BCUT2D eigenvalue weighted by molar-refractivity contribution is -0.197. The van der Waals surface area contributed by atoms with Crippen LogP contribution >= 0.6 is 0 Å². The summed E-state index contributed by atoms with van der Waals surface area (Å²) in [5.74, 6) is 0.549. The lowest BCUT2D eigenvalue weighted by Gasteiger charge is -2.32. The van der Waals surface area contributed by atoms with Crippen LogP contribution in [0, 0.1) is 0 Å². The average Bonchev–Trinajstić information content (AvgIpc) is 3.85. The van der Waals surface area contributed by atoms with Crippen molar-refractivity contribution in [3.8, 4) is 22.8 Å². The van der Waals surface area contributed by atoms with Crippen LogP contribution in [-0.2, 0) is 32.6 Å². The second-order valence-corrected chi connectivity index (χ2v) is 12.9. The van der Waals surface area contributed by atoms with E-state index >= 15 is 0 Å². The summed E-state index contributed by atoms with van der Waals surface area (Å²) >= 11 is 0. The number of piperidine rings is 1. The molecule has 3 saturated heterocycles. The minimum absolute atomic E-state index is 0.207. The Kier molecular flexibility index (Phi) is 8.54. The molecule has 0 aliphatic carbocycles. The molecule has 7 rings (SSSR count). The zero-order chi connectivity index (χ0) is 34.4. The Balaban J connectivity index is 1.23. The molecule has 16 heteroatoms. The maximum Gasteiger partial charge on any atom is 0.407 e. The number of fused-ring (bicyclic) bond motifs is 2. The quantitative estimate of drug-likeness (QED) is 0.237. The van der Waals surface area contributed by atoms with E-state index in [1.807, 2.05) is 48.3 Å². The summed E-state index contributed by atoms with van der Waals surface area (Å²) in [4.78, 5) is 36.0. The number of aryl methyl sites for hydroxylation is 1. The molecule has 5 atom stereocenters. The molecule has 0 spiro atoms. The Morgan fingerprint density at radius 2 is 1.94 bits per heavy atom. The summed E-state index contributed by atoms with van der Waals surface area (Å²) in [7, 11) is 5.06. The minimum Gasteiger partial charge on any atom is -0.497 e. The van der Waals surface area contributed by atoms with Gasteiger partial charge >= 0.3 is 6.09 Å². The molecule has 0 radical (unpaired) electrons. The van der Waals surface area contributed by atoms with Crippen molar-refractivity contribution in [3.05, 3.63) is 48.5 Å². The summed E-state index contributed by atoms with van der Waals surface area (Å²) in [6.07, 6.45) is 2.32. The molecule has 2 amide bonds. The molecule has 3 N–H and O–H groups in total. The number of amides is 2. The van der Waals surface area contributed by atoms with Gasteiger partial charge in [-0.15, -0.1) is 0 Å². The van der Waals surface area contributed by atoms with Crippen LogP contribution in [-0.4, -0.2) is 104 Å². The van der Waals surface area contributed by atoms with Gasteiger partial charge in [0.05, 0.1) is 25.3 Å². The fourth-order valence-corrected chi connectivity index (χ4v) is 6.91. The summed E-state index contributed by atoms with van der Waals surface area (Å²) in [6.45, 7) is 4.64. The lowest BCUT2D eigenvalue weighted by Crippen LogP contribution is -2.53. The number of ether oxygens (including phenoxy) is 5. The van der Waals surface area contributed by atoms with Crippen molar-refractivity contribution in [1.29, 1.82) is 0 Å². The van der Waals surface area contributed by atoms with Crippen molar-refractivity contribution >= 4 is 28.9 Å². The number of hydrogen-bond donors (Lipinski definition) is 3. The van der Waals surface area contributed by atoms with Crippen molar-refractivity contribution in [2.24, 2.45) is 7.05 Å². The number of nitrogens with zero attached hydrogens (tertiary/aromatic N) is 6. The maximum absolute atomic E-state index is 13.8. The van der Waals surface area contributed by atoms with Crippen LogP contribution in [0.1, 0.15) is 38.5 Å². The van der Waals surface area contributed by atoms with Crippen LogP contribution in [0.15, 0.2) is 43.0 Å². The van der Waals surface area contributed by atoms with Gasteiger partial charge in [-0.25, -0.2) is 14.8 Å². The molecule has 3 fully saturated rings. The van der Waals surface area contributed by atoms with Crippen molar-refractivity contribution in [3.63, 3.8) is 0 Å². The highest BCUT2D eigenvalue weighted by Gasteiger charge is 2.58. The number of hydrogen-bond acceptors (Lipinski definition) is 11. The van der Waals surface area contributed by atoms with Crippen LogP contribution in [0.4, 0.5) is 10.6 Å². The molecular formula is C33H40N8O8. The number of carbonyl (C=O) groups is 2. The van der Waals surface area contributed by atoms with Gasteiger partial charge in [0, 0.05) is 62.3 Å². The van der Waals surface area contributed by atoms with Gasteiger partial charge in [0.2, 0.25) is 0 Å². The van der Waals surface area contributed by atoms with Gasteiger partial charge in [0.15, 0.2) is 18.1 Å². The first kappa shape index (κ1) is 32.6.